The summed E-state index contributed by atoms with van der Waals surface area (Å²) in [6, 6.07) is 15.4. The Balaban J connectivity index is 0.00000392. The van der Waals surface area contributed by atoms with Crippen LogP contribution in [0.1, 0.15) is 38.3 Å². The number of halogens is 1. The second-order valence-electron chi connectivity index (χ2n) is 7.44. The van der Waals surface area contributed by atoms with E-state index in [1.165, 1.54) is 5.56 Å². The number of phenolic OH excluding ortho intramolecular Hbond substituents is 1. The lowest BCUT2D eigenvalue weighted by Crippen LogP contribution is -2.37. The van der Waals surface area contributed by atoms with Gasteiger partial charge in [0.2, 0.25) is 0 Å². The zero-order valence-corrected chi connectivity index (χ0v) is 19.5. The van der Waals surface area contributed by atoms with E-state index in [1.807, 2.05) is 51.1 Å². The van der Waals surface area contributed by atoms with Gasteiger partial charge in [0.1, 0.15) is 17.1 Å². The van der Waals surface area contributed by atoms with Crippen molar-refractivity contribution in [2.75, 3.05) is 13.6 Å². The molecule has 0 unspecified atom stereocenters. The molecule has 0 aliphatic heterocycles. The topological polar surface area (TPSA) is 65.9 Å². The molecule has 5 nitrogen and oxygen atoms in total. The first-order valence-electron chi connectivity index (χ1n) is 9.37. The van der Waals surface area contributed by atoms with Crippen molar-refractivity contribution in [1.29, 1.82) is 0 Å². The first-order chi connectivity index (χ1) is 12.9. The van der Waals surface area contributed by atoms with Gasteiger partial charge < -0.3 is 20.5 Å². The first-order valence-corrected chi connectivity index (χ1v) is 9.37. The third-order valence-corrected chi connectivity index (χ3v) is 3.93. The number of aryl methyl sites for hydroxylation is 1. The largest absolute Gasteiger partial charge is 0.508 e. The Morgan fingerprint density at radius 1 is 1.04 bits per heavy atom. The van der Waals surface area contributed by atoms with E-state index >= 15 is 0 Å². The van der Waals surface area contributed by atoms with E-state index in [2.05, 4.69) is 21.7 Å². The minimum atomic E-state index is -0.232. The summed E-state index contributed by atoms with van der Waals surface area (Å²) in [5.74, 6) is 1.96. The number of benzene rings is 2. The first kappa shape index (κ1) is 24.1. The predicted octanol–water partition coefficient (Wildman–Crippen LogP) is 4.49. The second-order valence-corrected chi connectivity index (χ2v) is 7.44. The van der Waals surface area contributed by atoms with Crippen LogP contribution in [-0.4, -0.2) is 30.3 Å². The lowest BCUT2D eigenvalue weighted by molar-refractivity contribution is 0.129. The Bertz CT molecular complexity index is 740. The van der Waals surface area contributed by atoms with E-state index in [4.69, 9.17) is 4.74 Å². The number of guanidine groups is 1. The van der Waals surface area contributed by atoms with Gasteiger partial charge in [-0.15, -0.1) is 24.0 Å². The predicted molar refractivity (Wildman–Crippen MR) is 127 cm³/mol. The lowest BCUT2D eigenvalue weighted by atomic mass is 10.1. The van der Waals surface area contributed by atoms with E-state index in [0.717, 1.165) is 36.7 Å². The van der Waals surface area contributed by atoms with E-state index < -0.39 is 0 Å². The second kappa shape index (κ2) is 11.8. The molecular formula is C22H32IN3O2. The normalized spacial score (nSPS) is 11.5. The number of hydrogen-bond acceptors (Lipinski definition) is 3. The fourth-order valence-electron chi connectivity index (χ4n) is 2.64. The molecule has 6 heteroatoms. The number of ether oxygens (including phenoxy) is 1. The van der Waals surface area contributed by atoms with Crippen molar-refractivity contribution in [3.8, 4) is 11.5 Å². The number of hydrogen-bond donors (Lipinski definition) is 3. The molecule has 0 aliphatic carbocycles. The molecule has 2 aromatic rings. The van der Waals surface area contributed by atoms with Crippen LogP contribution >= 0.6 is 24.0 Å². The maximum absolute atomic E-state index is 9.32. The van der Waals surface area contributed by atoms with Crippen LogP contribution < -0.4 is 15.4 Å². The molecule has 0 heterocycles. The SMILES string of the molecule is CN=C(NCCCc1ccc(O)cc1)NCc1ccccc1OC(C)(C)C.I. The number of nitrogens with zero attached hydrogens (tertiary/aromatic N) is 1. The highest BCUT2D eigenvalue weighted by molar-refractivity contribution is 14.0. The minimum absolute atomic E-state index is 0. The monoisotopic (exact) mass is 497 g/mol. The van der Waals surface area contributed by atoms with Crippen LogP contribution in [0, 0.1) is 0 Å². The molecule has 3 N–H and O–H groups in total. The van der Waals surface area contributed by atoms with Crippen LogP contribution in [0.25, 0.3) is 0 Å². The minimum Gasteiger partial charge on any atom is -0.508 e. The van der Waals surface area contributed by atoms with E-state index in [-0.39, 0.29) is 29.6 Å². The van der Waals surface area contributed by atoms with Crippen molar-refractivity contribution >= 4 is 29.9 Å². The number of aliphatic imine (C=N–C) groups is 1. The molecular weight excluding hydrogens is 465 g/mol. The van der Waals surface area contributed by atoms with E-state index in [9.17, 15) is 5.11 Å². The number of phenols is 1. The highest BCUT2D eigenvalue weighted by Gasteiger charge is 2.14. The van der Waals surface area contributed by atoms with E-state index in [1.54, 1.807) is 19.2 Å². The zero-order chi connectivity index (χ0) is 19.7. The maximum atomic E-state index is 9.32. The summed E-state index contributed by atoms with van der Waals surface area (Å²) in [6.07, 6.45) is 1.93. The molecule has 0 bridgehead atoms. The van der Waals surface area contributed by atoms with Gasteiger partial charge >= 0.3 is 0 Å². The summed E-state index contributed by atoms with van der Waals surface area (Å²) >= 11 is 0. The Morgan fingerprint density at radius 3 is 2.36 bits per heavy atom. The van der Waals surface area contributed by atoms with Gasteiger partial charge in [-0.2, -0.15) is 0 Å². The Hall–Kier alpha value is -1.96. The maximum Gasteiger partial charge on any atom is 0.191 e. The molecule has 154 valence electrons. The van der Waals surface area contributed by atoms with Crippen molar-refractivity contribution in [3.63, 3.8) is 0 Å². The molecule has 2 rings (SSSR count). The van der Waals surface area contributed by atoms with Crippen LogP contribution in [0.2, 0.25) is 0 Å². The Kier molecular flexibility index (Phi) is 10.1. The van der Waals surface area contributed by atoms with Crippen molar-refractivity contribution in [2.24, 2.45) is 4.99 Å². The number of rotatable bonds is 7. The van der Waals surface area contributed by atoms with Crippen molar-refractivity contribution < 1.29 is 9.84 Å². The molecule has 0 radical (unpaired) electrons. The average Bonchev–Trinajstić information content (AvgIpc) is 2.62. The van der Waals surface area contributed by atoms with Crippen molar-refractivity contribution in [1.82, 2.24) is 10.6 Å². The summed E-state index contributed by atoms with van der Waals surface area (Å²) in [6.45, 7) is 7.61. The number of aromatic hydroxyl groups is 1. The lowest BCUT2D eigenvalue weighted by Gasteiger charge is -2.23. The molecule has 0 aromatic heterocycles. The summed E-state index contributed by atoms with van der Waals surface area (Å²) in [5, 5.41) is 16.0. The van der Waals surface area contributed by atoms with E-state index in [0.29, 0.717) is 12.3 Å². The van der Waals surface area contributed by atoms with Gasteiger partial charge in [-0.25, -0.2) is 0 Å². The quantitative estimate of drug-likeness (QED) is 0.228. The third kappa shape index (κ3) is 8.82. The Morgan fingerprint density at radius 2 is 1.71 bits per heavy atom. The van der Waals surface area contributed by atoms with Crippen molar-refractivity contribution in [3.05, 3.63) is 59.7 Å². The summed E-state index contributed by atoms with van der Waals surface area (Å²) in [7, 11) is 1.77. The van der Waals surface area contributed by atoms with Gasteiger partial charge in [-0.05, 0) is 57.4 Å². The Labute approximate surface area is 185 Å². The molecule has 0 atom stereocenters. The van der Waals surface area contributed by atoms with Crippen LogP contribution in [0.3, 0.4) is 0 Å². The molecule has 0 saturated heterocycles. The van der Waals surface area contributed by atoms with Gasteiger partial charge in [0.15, 0.2) is 5.96 Å². The van der Waals surface area contributed by atoms with Crippen molar-refractivity contribution in [2.45, 2.75) is 45.8 Å². The molecule has 0 saturated carbocycles. The fraction of sp³-hybridized carbons (Fsp3) is 0.409. The van der Waals surface area contributed by atoms with Crippen LogP contribution in [0.15, 0.2) is 53.5 Å². The molecule has 28 heavy (non-hydrogen) atoms. The smallest absolute Gasteiger partial charge is 0.191 e. The van der Waals surface area contributed by atoms with Gasteiger partial charge in [0.25, 0.3) is 0 Å². The molecule has 0 spiro atoms. The number of para-hydroxylation sites is 1. The summed E-state index contributed by atoms with van der Waals surface area (Å²) in [5.41, 5.74) is 2.08. The van der Waals surface area contributed by atoms with Crippen LogP contribution in [0.5, 0.6) is 11.5 Å². The summed E-state index contributed by atoms with van der Waals surface area (Å²) in [4.78, 5) is 4.28. The standard InChI is InChI=1S/C22H31N3O2.HI/c1-22(2,3)27-20-10-6-5-9-18(20)16-25-21(23-4)24-15-7-8-17-11-13-19(26)14-12-17;/h5-6,9-14,26H,7-8,15-16H2,1-4H3,(H2,23,24,25);1H. The third-order valence-electron chi connectivity index (χ3n) is 3.93. The summed E-state index contributed by atoms with van der Waals surface area (Å²) < 4.78 is 6.04. The highest BCUT2D eigenvalue weighted by Crippen LogP contribution is 2.22. The van der Waals surface area contributed by atoms with Crippen LogP contribution in [-0.2, 0) is 13.0 Å². The number of nitrogens with one attached hydrogen (secondary N) is 2. The van der Waals surface area contributed by atoms with Gasteiger partial charge in [0.05, 0.1) is 0 Å². The van der Waals surface area contributed by atoms with Gasteiger partial charge in [0, 0.05) is 25.7 Å². The average molecular weight is 497 g/mol. The molecule has 2 aromatic carbocycles. The highest BCUT2D eigenvalue weighted by atomic mass is 127. The van der Waals surface area contributed by atoms with Gasteiger partial charge in [-0.1, -0.05) is 30.3 Å². The molecule has 0 aliphatic rings. The van der Waals surface area contributed by atoms with Crippen LogP contribution in [0.4, 0.5) is 0 Å². The zero-order valence-electron chi connectivity index (χ0n) is 17.2. The van der Waals surface area contributed by atoms with Gasteiger partial charge in [-0.3, -0.25) is 4.99 Å². The molecule has 0 fully saturated rings. The fourth-order valence-corrected chi connectivity index (χ4v) is 2.64. The molecule has 0 amide bonds.